The molecule has 1 amide bonds. The summed E-state index contributed by atoms with van der Waals surface area (Å²) in [5.41, 5.74) is 2.50. The van der Waals surface area contributed by atoms with E-state index in [9.17, 15) is 9.18 Å². The number of benzene rings is 2. The molecule has 4 heteroatoms. The van der Waals surface area contributed by atoms with Crippen molar-refractivity contribution >= 4 is 16.8 Å². The first-order valence-electron chi connectivity index (χ1n) is 7.06. The van der Waals surface area contributed by atoms with Crippen molar-refractivity contribution in [2.45, 2.75) is 13.0 Å². The van der Waals surface area contributed by atoms with Gasteiger partial charge in [0.25, 0.3) is 0 Å². The number of carbonyl (C=O) groups is 1. The number of amides is 1. The highest BCUT2D eigenvalue weighted by Gasteiger charge is 2.04. The van der Waals surface area contributed by atoms with Gasteiger partial charge in [-0.3, -0.25) is 9.78 Å². The number of halogens is 1. The van der Waals surface area contributed by atoms with Gasteiger partial charge in [-0.15, -0.1) is 0 Å². The summed E-state index contributed by atoms with van der Waals surface area (Å²) in [4.78, 5) is 16.4. The van der Waals surface area contributed by atoms with Gasteiger partial charge in [-0.1, -0.05) is 36.4 Å². The quantitative estimate of drug-likeness (QED) is 0.802. The van der Waals surface area contributed by atoms with Crippen molar-refractivity contribution in [3.05, 3.63) is 77.7 Å². The molecule has 0 atom stereocenters. The summed E-state index contributed by atoms with van der Waals surface area (Å²) in [5, 5.41) is 3.90. The van der Waals surface area contributed by atoms with Crippen LogP contribution in [0.5, 0.6) is 0 Å². The molecule has 1 heterocycles. The topological polar surface area (TPSA) is 42.0 Å². The van der Waals surface area contributed by atoms with Crippen LogP contribution >= 0.6 is 0 Å². The van der Waals surface area contributed by atoms with Gasteiger partial charge in [-0.25, -0.2) is 4.39 Å². The minimum absolute atomic E-state index is 0.110. The number of nitrogens with one attached hydrogen (secondary N) is 1. The summed E-state index contributed by atoms with van der Waals surface area (Å²) in [6.45, 7) is 0.380. The molecule has 1 aromatic heterocycles. The predicted octanol–water partition coefficient (Wildman–Crippen LogP) is 3.23. The largest absolute Gasteiger partial charge is 0.350 e. The maximum atomic E-state index is 12.8. The molecular formula is C18H15FN2O. The Morgan fingerprint density at radius 1 is 1.00 bits per heavy atom. The van der Waals surface area contributed by atoms with Crippen LogP contribution < -0.4 is 5.32 Å². The molecule has 0 radical (unpaired) electrons. The third kappa shape index (κ3) is 3.47. The van der Waals surface area contributed by atoms with Crippen molar-refractivity contribution in [3.8, 4) is 0 Å². The molecular weight excluding hydrogens is 279 g/mol. The zero-order chi connectivity index (χ0) is 15.4. The lowest BCUT2D eigenvalue weighted by Crippen LogP contribution is -2.25. The lowest BCUT2D eigenvalue weighted by atomic mass is 10.1. The number of carbonyl (C=O) groups excluding carboxylic acids is 1. The summed E-state index contributed by atoms with van der Waals surface area (Å²) in [6.07, 6.45) is 0.230. The SMILES string of the molecule is O=C(Cc1ccc(F)cc1)NCc1ccc2ccccc2n1. The van der Waals surface area contributed by atoms with Crippen molar-refractivity contribution in [3.63, 3.8) is 0 Å². The van der Waals surface area contributed by atoms with Gasteiger partial charge in [0.1, 0.15) is 5.82 Å². The van der Waals surface area contributed by atoms with Crippen LogP contribution in [0.2, 0.25) is 0 Å². The number of hydrogen-bond donors (Lipinski definition) is 1. The predicted molar refractivity (Wildman–Crippen MR) is 83.7 cm³/mol. The van der Waals surface area contributed by atoms with Gasteiger partial charge in [0.05, 0.1) is 24.2 Å². The van der Waals surface area contributed by atoms with E-state index in [1.54, 1.807) is 12.1 Å². The highest BCUT2D eigenvalue weighted by Crippen LogP contribution is 2.11. The van der Waals surface area contributed by atoms with Crippen molar-refractivity contribution in [2.75, 3.05) is 0 Å². The van der Waals surface area contributed by atoms with E-state index in [4.69, 9.17) is 0 Å². The highest BCUT2D eigenvalue weighted by atomic mass is 19.1. The van der Waals surface area contributed by atoms with Crippen LogP contribution in [-0.4, -0.2) is 10.9 Å². The first kappa shape index (κ1) is 14.2. The van der Waals surface area contributed by atoms with Gasteiger partial charge in [0.15, 0.2) is 0 Å². The fourth-order valence-corrected chi connectivity index (χ4v) is 2.25. The normalized spacial score (nSPS) is 10.6. The van der Waals surface area contributed by atoms with Crippen molar-refractivity contribution < 1.29 is 9.18 Å². The minimum Gasteiger partial charge on any atom is -0.350 e. The van der Waals surface area contributed by atoms with Gasteiger partial charge in [-0.2, -0.15) is 0 Å². The summed E-state index contributed by atoms with van der Waals surface area (Å²) in [5.74, 6) is -0.411. The monoisotopic (exact) mass is 294 g/mol. The number of fused-ring (bicyclic) bond motifs is 1. The lowest BCUT2D eigenvalue weighted by Gasteiger charge is -2.06. The molecule has 110 valence electrons. The zero-order valence-electron chi connectivity index (χ0n) is 11.9. The molecule has 0 spiro atoms. The number of nitrogens with zero attached hydrogens (tertiary/aromatic N) is 1. The third-order valence-electron chi connectivity index (χ3n) is 3.40. The molecule has 0 fully saturated rings. The fraction of sp³-hybridized carbons (Fsp3) is 0.111. The van der Waals surface area contributed by atoms with Crippen LogP contribution in [0.4, 0.5) is 4.39 Å². The second kappa shape index (κ2) is 6.35. The van der Waals surface area contributed by atoms with Gasteiger partial charge >= 0.3 is 0 Å². The molecule has 1 N–H and O–H groups in total. The van der Waals surface area contributed by atoms with Crippen LogP contribution in [-0.2, 0) is 17.8 Å². The maximum Gasteiger partial charge on any atom is 0.224 e. The van der Waals surface area contributed by atoms with E-state index < -0.39 is 0 Å². The Hall–Kier alpha value is -2.75. The summed E-state index contributed by atoms with van der Waals surface area (Å²) in [6, 6.07) is 17.7. The first-order chi connectivity index (χ1) is 10.7. The molecule has 0 saturated heterocycles. The van der Waals surface area contributed by atoms with Crippen LogP contribution in [0.1, 0.15) is 11.3 Å². The van der Waals surface area contributed by atoms with Crippen molar-refractivity contribution in [1.29, 1.82) is 0 Å². The standard InChI is InChI=1S/C18H15FN2O/c19-15-8-5-13(6-9-15)11-18(22)20-12-16-10-7-14-3-1-2-4-17(14)21-16/h1-10H,11-12H2,(H,20,22). The van der Waals surface area contributed by atoms with Gasteiger partial charge < -0.3 is 5.32 Å². The minimum atomic E-state index is -0.301. The maximum absolute atomic E-state index is 12.8. The summed E-state index contributed by atoms with van der Waals surface area (Å²) < 4.78 is 12.8. The zero-order valence-corrected chi connectivity index (χ0v) is 11.9. The molecule has 0 saturated carbocycles. The molecule has 3 nitrogen and oxygen atoms in total. The third-order valence-corrected chi connectivity index (χ3v) is 3.40. The second-order valence-electron chi connectivity index (χ2n) is 5.08. The number of pyridine rings is 1. The van der Waals surface area contributed by atoms with E-state index in [-0.39, 0.29) is 18.1 Å². The van der Waals surface area contributed by atoms with Crippen LogP contribution in [0.15, 0.2) is 60.7 Å². The Morgan fingerprint density at radius 3 is 2.59 bits per heavy atom. The molecule has 0 aliphatic rings. The highest BCUT2D eigenvalue weighted by molar-refractivity contribution is 5.79. The molecule has 2 aromatic carbocycles. The number of hydrogen-bond acceptors (Lipinski definition) is 2. The van der Waals surface area contributed by atoms with Gasteiger partial charge in [0, 0.05) is 5.39 Å². The number of para-hydroxylation sites is 1. The van der Waals surface area contributed by atoms with Crippen molar-refractivity contribution in [1.82, 2.24) is 10.3 Å². The second-order valence-corrected chi connectivity index (χ2v) is 5.08. The Balaban J connectivity index is 1.60. The Morgan fingerprint density at radius 2 is 1.77 bits per heavy atom. The molecule has 0 unspecified atom stereocenters. The number of rotatable bonds is 4. The van der Waals surface area contributed by atoms with E-state index in [0.29, 0.717) is 6.54 Å². The molecule has 22 heavy (non-hydrogen) atoms. The average molecular weight is 294 g/mol. The summed E-state index contributed by atoms with van der Waals surface area (Å²) in [7, 11) is 0. The van der Waals surface area contributed by atoms with Crippen molar-refractivity contribution in [2.24, 2.45) is 0 Å². The molecule has 0 aliphatic carbocycles. The molecule has 0 aliphatic heterocycles. The molecule has 0 bridgehead atoms. The van der Waals surface area contributed by atoms with Gasteiger partial charge in [-0.05, 0) is 29.8 Å². The molecule has 3 aromatic rings. The van der Waals surface area contributed by atoms with E-state index in [2.05, 4.69) is 10.3 Å². The van der Waals surface area contributed by atoms with E-state index in [1.807, 2.05) is 36.4 Å². The Kier molecular flexibility index (Phi) is 4.10. The van der Waals surface area contributed by atoms with Crippen LogP contribution in [0.3, 0.4) is 0 Å². The lowest BCUT2D eigenvalue weighted by molar-refractivity contribution is -0.120. The number of aromatic nitrogens is 1. The summed E-state index contributed by atoms with van der Waals surface area (Å²) >= 11 is 0. The van der Waals surface area contributed by atoms with Gasteiger partial charge in [0.2, 0.25) is 5.91 Å². The van der Waals surface area contributed by atoms with E-state index in [1.165, 1.54) is 12.1 Å². The average Bonchev–Trinajstić information content (AvgIpc) is 2.55. The fourth-order valence-electron chi connectivity index (χ4n) is 2.25. The smallest absolute Gasteiger partial charge is 0.224 e. The van der Waals surface area contributed by atoms with Crippen LogP contribution in [0.25, 0.3) is 10.9 Å². The Bertz CT molecular complexity index is 800. The molecule has 3 rings (SSSR count). The Labute approximate surface area is 127 Å². The van der Waals surface area contributed by atoms with E-state index in [0.717, 1.165) is 22.2 Å². The van der Waals surface area contributed by atoms with Crippen LogP contribution in [0, 0.1) is 5.82 Å². The van der Waals surface area contributed by atoms with E-state index >= 15 is 0 Å². The first-order valence-corrected chi connectivity index (χ1v) is 7.06.